The molecule has 0 spiro atoms. The molecule has 4 rings (SSSR count). The molecule has 0 aromatic heterocycles. The number of para-hydroxylation sites is 1. The van der Waals surface area contributed by atoms with Crippen LogP contribution in [0.2, 0.25) is 10.0 Å². The average molecular weight is 674 g/mol. The van der Waals surface area contributed by atoms with Crippen LogP contribution in [0.15, 0.2) is 71.0 Å². The number of nitrogens with one attached hydrogen (secondary N) is 3. The second-order valence-electron chi connectivity index (χ2n) is 9.83. The molecule has 0 bridgehead atoms. The molecule has 0 aliphatic carbocycles. The zero-order chi connectivity index (χ0) is 33.2. The quantitative estimate of drug-likeness (QED) is 0.0794. The third-order valence-corrected chi connectivity index (χ3v) is 7.43. The van der Waals surface area contributed by atoms with E-state index in [0.717, 1.165) is 5.56 Å². The number of hydrogen-bond donors (Lipinski definition) is 4. The van der Waals surface area contributed by atoms with Crippen LogP contribution >= 0.6 is 23.2 Å². The number of carbonyl (C=O) groups excluding carboxylic acids is 2. The van der Waals surface area contributed by atoms with Crippen LogP contribution in [-0.4, -0.2) is 57.0 Å². The second-order valence-corrected chi connectivity index (χ2v) is 10.6. The molecule has 4 N–H and O–H groups in total. The first kappa shape index (κ1) is 34.2. The van der Waals surface area contributed by atoms with E-state index in [0.29, 0.717) is 56.5 Å². The van der Waals surface area contributed by atoms with E-state index in [4.69, 9.17) is 46.9 Å². The minimum absolute atomic E-state index is 0.188. The molecule has 3 aromatic rings. The van der Waals surface area contributed by atoms with Crippen LogP contribution in [0.4, 0.5) is 4.79 Å². The fraction of sp³-hybridized carbons (Fsp3) is 0.281. The fourth-order valence-electron chi connectivity index (χ4n) is 4.55. The molecule has 1 heterocycles. The van der Waals surface area contributed by atoms with E-state index in [9.17, 15) is 14.7 Å². The van der Waals surface area contributed by atoms with Crippen LogP contribution in [0.1, 0.15) is 36.6 Å². The molecule has 0 unspecified atom stereocenters. The number of hydrazone groups is 1. The Hall–Kier alpha value is -4.65. The van der Waals surface area contributed by atoms with Crippen LogP contribution in [-0.2, 0) is 16.1 Å². The molecule has 0 saturated heterocycles. The number of urea groups is 1. The smallest absolute Gasteiger partial charge is 0.337 e. The van der Waals surface area contributed by atoms with Gasteiger partial charge in [-0.3, -0.25) is 5.43 Å². The maximum Gasteiger partial charge on any atom is 0.337 e. The SMILES string of the molecule is CCOc1cc([C@H]2NC(=O)NC(C)=C2C(=O)OC)ccc1OC[C@H](O)N/N=C/c1cccc(OC)c1OCc1ccc(Cl)c(Cl)c1. The molecule has 0 saturated carbocycles. The molecule has 12 nitrogen and oxygen atoms in total. The van der Waals surface area contributed by atoms with Gasteiger partial charge in [0.25, 0.3) is 0 Å². The van der Waals surface area contributed by atoms with Gasteiger partial charge in [-0.1, -0.05) is 41.4 Å². The van der Waals surface area contributed by atoms with Crippen molar-refractivity contribution >= 4 is 41.4 Å². The summed E-state index contributed by atoms with van der Waals surface area (Å²) in [6, 6.07) is 14.3. The van der Waals surface area contributed by atoms with E-state index in [1.165, 1.54) is 20.4 Å². The van der Waals surface area contributed by atoms with Gasteiger partial charge in [0.2, 0.25) is 0 Å². The Labute approximate surface area is 276 Å². The van der Waals surface area contributed by atoms with Crippen molar-refractivity contribution in [3.63, 3.8) is 0 Å². The van der Waals surface area contributed by atoms with Gasteiger partial charge >= 0.3 is 12.0 Å². The van der Waals surface area contributed by atoms with Gasteiger partial charge in [-0.25, -0.2) is 9.59 Å². The van der Waals surface area contributed by atoms with Crippen LogP contribution in [0.5, 0.6) is 23.0 Å². The molecule has 1 aliphatic rings. The Morgan fingerprint density at radius 1 is 1.04 bits per heavy atom. The van der Waals surface area contributed by atoms with E-state index >= 15 is 0 Å². The number of benzene rings is 3. The number of carbonyl (C=O) groups is 2. The minimum atomic E-state index is -1.20. The molecule has 0 fully saturated rings. The summed E-state index contributed by atoms with van der Waals surface area (Å²) in [6.45, 7) is 3.76. The highest BCUT2D eigenvalue weighted by Gasteiger charge is 2.32. The minimum Gasteiger partial charge on any atom is -0.493 e. The molecular weight excluding hydrogens is 639 g/mol. The number of halogens is 2. The van der Waals surface area contributed by atoms with E-state index < -0.39 is 24.3 Å². The zero-order valence-electron chi connectivity index (χ0n) is 25.6. The van der Waals surface area contributed by atoms with E-state index in [1.54, 1.807) is 62.4 Å². The number of nitrogens with zero attached hydrogens (tertiary/aromatic N) is 1. The predicted octanol–water partition coefficient (Wildman–Crippen LogP) is 5.10. The summed E-state index contributed by atoms with van der Waals surface area (Å²) in [5.41, 5.74) is 5.24. The van der Waals surface area contributed by atoms with Crippen LogP contribution in [0.3, 0.4) is 0 Å². The van der Waals surface area contributed by atoms with Crippen LogP contribution in [0.25, 0.3) is 0 Å². The molecule has 0 radical (unpaired) electrons. The van der Waals surface area contributed by atoms with Gasteiger partial charge in [0.1, 0.15) is 13.2 Å². The van der Waals surface area contributed by atoms with Crippen LogP contribution in [0, 0.1) is 0 Å². The Bertz CT molecular complexity index is 1630. The molecule has 2 atom stereocenters. The fourth-order valence-corrected chi connectivity index (χ4v) is 4.87. The maximum atomic E-state index is 12.5. The first-order valence-corrected chi connectivity index (χ1v) is 14.9. The molecular formula is C32H34Cl2N4O8. The first-order chi connectivity index (χ1) is 22.1. The van der Waals surface area contributed by atoms with Gasteiger partial charge in [0.15, 0.2) is 29.2 Å². The number of aliphatic hydroxyl groups excluding tert-OH is 1. The number of amides is 2. The average Bonchev–Trinajstić information content (AvgIpc) is 3.04. The van der Waals surface area contributed by atoms with Gasteiger partial charge in [0.05, 0.1) is 48.7 Å². The second kappa shape index (κ2) is 16.1. The number of esters is 1. The summed E-state index contributed by atoms with van der Waals surface area (Å²) in [7, 11) is 2.80. The molecule has 244 valence electrons. The lowest BCUT2D eigenvalue weighted by Crippen LogP contribution is -2.45. The molecule has 46 heavy (non-hydrogen) atoms. The van der Waals surface area contributed by atoms with E-state index in [-0.39, 0.29) is 18.8 Å². The summed E-state index contributed by atoms with van der Waals surface area (Å²) in [4.78, 5) is 24.6. The first-order valence-electron chi connectivity index (χ1n) is 14.1. The maximum absolute atomic E-state index is 12.5. The number of rotatable bonds is 14. The van der Waals surface area contributed by atoms with Crippen molar-refractivity contribution < 1.29 is 38.4 Å². The van der Waals surface area contributed by atoms with Crippen molar-refractivity contribution in [2.24, 2.45) is 5.10 Å². The normalized spacial score (nSPS) is 15.1. The highest BCUT2D eigenvalue weighted by Crippen LogP contribution is 2.35. The van der Waals surface area contributed by atoms with Crippen LogP contribution < -0.4 is 35.0 Å². The molecule has 1 aliphatic heterocycles. The number of allylic oxidation sites excluding steroid dienone is 1. The summed E-state index contributed by atoms with van der Waals surface area (Å²) >= 11 is 12.1. The molecule has 2 amide bonds. The lowest BCUT2D eigenvalue weighted by Gasteiger charge is -2.28. The van der Waals surface area contributed by atoms with Gasteiger partial charge < -0.3 is 39.4 Å². The van der Waals surface area contributed by atoms with Gasteiger partial charge in [-0.15, -0.1) is 0 Å². The highest BCUT2D eigenvalue weighted by molar-refractivity contribution is 6.42. The third kappa shape index (κ3) is 8.53. The number of aliphatic hydroxyl groups is 1. The Kier molecular flexibility index (Phi) is 12.0. The summed E-state index contributed by atoms with van der Waals surface area (Å²) < 4.78 is 28.0. The summed E-state index contributed by atoms with van der Waals surface area (Å²) in [5.74, 6) is 1.04. The Morgan fingerprint density at radius 2 is 1.85 bits per heavy atom. The van der Waals surface area contributed by atoms with Crippen molar-refractivity contribution in [3.8, 4) is 23.0 Å². The topological polar surface area (TPSA) is 149 Å². The number of methoxy groups -OCH3 is 2. The van der Waals surface area contributed by atoms with Gasteiger partial charge in [-0.2, -0.15) is 5.10 Å². The van der Waals surface area contributed by atoms with Crippen molar-refractivity contribution in [1.29, 1.82) is 0 Å². The summed E-state index contributed by atoms with van der Waals surface area (Å²) in [5, 5.41) is 20.9. The van der Waals surface area contributed by atoms with Gasteiger partial charge in [-0.05, 0) is 61.4 Å². The van der Waals surface area contributed by atoms with Crippen molar-refractivity contribution in [2.45, 2.75) is 32.7 Å². The molecule has 3 aromatic carbocycles. The van der Waals surface area contributed by atoms with Gasteiger partial charge in [0, 0.05) is 11.3 Å². The largest absolute Gasteiger partial charge is 0.493 e. The standard InChI is InChI=1S/C32H34Cl2N4O8/c1-5-44-26-14-20(29-28(31(40)43-4)18(2)36-32(41)37-29)10-12-24(26)45-17-27(39)38-35-15-21-7-6-8-25(42-3)30(21)46-16-19-9-11-22(33)23(34)13-19/h6-15,27,29,38-39H,5,16-17H2,1-4H3,(H2,36,37,41)/b35-15+/t27-,29+/m0/s1. The third-order valence-electron chi connectivity index (χ3n) is 6.70. The Balaban J connectivity index is 1.42. The highest BCUT2D eigenvalue weighted by atomic mass is 35.5. The number of hydrogen-bond acceptors (Lipinski definition) is 10. The van der Waals surface area contributed by atoms with E-state index in [2.05, 4.69) is 21.2 Å². The number of ether oxygens (including phenoxy) is 5. The molecule has 14 heteroatoms. The van der Waals surface area contributed by atoms with Crippen molar-refractivity contribution in [1.82, 2.24) is 16.1 Å². The lowest BCUT2D eigenvalue weighted by molar-refractivity contribution is -0.136. The monoisotopic (exact) mass is 672 g/mol. The zero-order valence-corrected chi connectivity index (χ0v) is 27.1. The Morgan fingerprint density at radius 3 is 2.57 bits per heavy atom. The van der Waals surface area contributed by atoms with Crippen molar-refractivity contribution in [2.75, 3.05) is 27.4 Å². The lowest BCUT2D eigenvalue weighted by atomic mass is 9.95. The summed E-state index contributed by atoms with van der Waals surface area (Å²) in [6.07, 6.45) is 0.287. The van der Waals surface area contributed by atoms with E-state index in [1.807, 2.05) is 6.07 Å². The van der Waals surface area contributed by atoms with Crippen molar-refractivity contribution in [3.05, 3.63) is 92.6 Å². The predicted molar refractivity (Wildman–Crippen MR) is 173 cm³/mol.